The van der Waals surface area contributed by atoms with E-state index in [9.17, 15) is 4.79 Å². The van der Waals surface area contributed by atoms with E-state index < -0.39 is 0 Å². The number of aromatic amines is 1. The Labute approximate surface area is 82.2 Å². The molecule has 0 atom stereocenters. The fourth-order valence-corrected chi connectivity index (χ4v) is 1.58. The maximum absolute atomic E-state index is 10.9. The lowest BCUT2D eigenvalue weighted by molar-refractivity contribution is -0.116. The van der Waals surface area contributed by atoms with Gasteiger partial charge in [0.1, 0.15) is 11.6 Å². The molecular formula is C11H12N2O. The van der Waals surface area contributed by atoms with Crippen molar-refractivity contribution in [1.29, 1.82) is 0 Å². The third kappa shape index (κ3) is 1.66. The number of Topliss-reactive ketones (excluding diaryl/α,β-unsaturated/α-hetero) is 1. The van der Waals surface area contributed by atoms with Crippen LogP contribution in [0.25, 0.3) is 11.0 Å². The van der Waals surface area contributed by atoms with E-state index in [1.54, 1.807) is 6.92 Å². The smallest absolute Gasteiger partial charge is 0.134 e. The molecule has 0 amide bonds. The zero-order chi connectivity index (χ0) is 10.1. The Kier molecular flexibility index (Phi) is 2.08. The van der Waals surface area contributed by atoms with Gasteiger partial charge in [-0.1, -0.05) is 6.07 Å². The van der Waals surface area contributed by atoms with Crippen LogP contribution in [0.4, 0.5) is 0 Å². The van der Waals surface area contributed by atoms with Gasteiger partial charge < -0.3 is 4.98 Å². The molecule has 0 spiro atoms. The third-order valence-corrected chi connectivity index (χ3v) is 2.12. The molecule has 0 aliphatic heterocycles. The van der Waals surface area contributed by atoms with Crippen LogP contribution in [-0.4, -0.2) is 15.8 Å². The zero-order valence-corrected chi connectivity index (χ0v) is 8.29. The van der Waals surface area contributed by atoms with Crippen molar-refractivity contribution in [3.63, 3.8) is 0 Å². The maximum atomic E-state index is 10.9. The van der Waals surface area contributed by atoms with Crippen molar-refractivity contribution in [3.8, 4) is 0 Å². The van der Waals surface area contributed by atoms with Crippen molar-refractivity contribution in [1.82, 2.24) is 9.97 Å². The number of benzene rings is 1. The van der Waals surface area contributed by atoms with Crippen LogP contribution in [0.15, 0.2) is 18.2 Å². The van der Waals surface area contributed by atoms with E-state index in [1.165, 1.54) is 0 Å². The Balaban J connectivity index is 2.45. The molecule has 0 radical (unpaired) electrons. The van der Waals surface area contributed by atoms with Gasteiger partial charge in [-0.25, -0.2) is 4.98 Å². The summed E-state index contributed by atoms with van der Waals surface area (Å²) in [6.45, 7) is 3.52. The molecule has 72 valence electrons. The van der Waals surface area contributed by atoms with Crippen LogP contribution in [0, 0.1) is 6.92 Å². The predicted molar refractivity (Wildman–Crippen MR) is 55.2 cm³/mol. The number of rotatable bonds is 2. The first-order chi connectivity index (χ1) is 6.65. The largest absolute Gasteiger partial charge is 0.342 e. The Bertz CT molecular complexity index is 485. The number of carbonyl (C=O) groups excluding carboxylic acids is 1. The van der Waals surface area contributed by atoms with Gasteiger partial charge in [-0.15, -0.1) is 0 Å². The van der Waals surface area contributed by atoms with E-state index in [0.29, 0.717) is 6.42 Å². The van der Waals surface area contributed by atoms with Crippen LogP contribution < -0.4 is 0 Å². The number of carbonyl (C=O) groups is 1. The molecule has 0 aliphatic rings. The topological polar surface area (TPSA) is 45.8 Å². The Morgan fingerprint density at radius 1 is 1.50 bits per heavy atom. The highest BCUT2D eigenvalue weighted by atomic mass is 16.1. The Morgan fingerprint density at radius 2 is 2.29 bits per heavy atom. The van der Waals surface area contributed by atoms with Crippen molar-refractivity contribution in [2.75, 3.05) is 0 Å². The summed E-state index contributed by atoms with van der Waals surface area (Å²) in [6.07, 6.45) is 0.494. The van der Waals surface area contributed by atoms with Gasteiger partial charge in [-0.3, -0.25) is 4.79 Å². The van der Waals surface area contributed by atoms with Crippen LogP contribution in [0.1, 0.15) is 18.3 Å². The van der Waals surface area contributed by atoms with Crippen LogP contribution in [0.5, 0.6) is 0 Å². The minimum Gasteiger partial charge on any atom is -0.342 e. The normalized spacial score (nSPS) is 10.7. The molecule has 1 aromatic carbocycles. The first-order valence-corrected chi connectivity index (χ1v) is 4.60. The van der Waals surface area contributed by atoms with Gasteiger partial charge in [-0.05, 0) is 31.5 Å². The van der Waals surface area contributed by atoms with Crippen LogP contribution in [-0.2, 0) is 11.2 Å². The molecule has 0 unspecified atom stereocenters. The highest BCUT2D eigenvalue weighted by molar-refractivity contribution is 5.81. The standard InChI is InChI=1S/C11H12N2O/c1-7(14)5-9-3-4-10-11(6-9)13-8(2)12-10/h3-4,6H,5H2,1-2H3,(H,12,13). The summed E-state index contributed by atoms with van der Waals surface area (Å²) in [4.78, 5) is 18.4. The molecule has 0 bridgehead atoms. The lowest BCUT2D eigenvalue weighted by Gasteiger charge is -1.96. The molecule has 0 saturated heterocycles. The van der Waals surface area contributed by atoms with Gasteiger partial charge in [0, 0.05) is 6.42 Å². The molecule has 0 saturated carbocycles. The average Bonchev–Trinajstić information content (AvgIpc) is 2.42. The van der Waals surface area contributed by atoms with E-state index in [1.807, 2.05) is 25.1 Å². The summed E-state index contributed by atoms with van der Waals surface area (Å²) in [5, 5.41) is 0. The van der Waals surface area contributed by atoms with Crippen LogP contribution >= 0.6 is 0 Å². The van der Waals surface area contributed by atoms with Crippen molar-refractivity contribution < 1.29 is 4.79 Å². The number of imidazole rings is 1. The van der Waals surface area contributed by atoms with Crippen LogP contribution in [0.2, 0.25) is 0 Å². The lowest BCUT2D eigenvalue weighted by Crippen LogP contribution is -1.95. The second kappa shape index (κ2) is 3.25. The summed E-state index contributed by atoms with van der Waals surface area (Å²) in [6, 6.07) is 5.87. The highest BCUT2D eigenvalue weighted by Crippen LogP contribution is 2.13. The molecule has 14 heavy (non-hydrogen) atoms. The van der Waals surface area contributed by atoms with Gasteiger partial charge >= 0.3 is 0 Å². The van der Waals surface area contributed by atoms with E-state index in [2.05, 4.69) is 9.97 Å². The zero-order valence-electron chi connectivity index (χ0n) is 8.29. The number of hydrogen-bond donors (Lipinski definition) is 1. The first-order valence-electron chi connectivity index (χ1n) is 4.60. The van der Waals surface area contributed by atoms with Gasteiger partial charge in [0.15, 0.2) is 0 Å². The number of nitrogens with zero attached hydrogens (tertiary/aromatic N) is 1. The first kappa shape index (κ1) is 8.94. The number of nitrogens with one attached hydrogen (secondary N) is 1. The average molecular weight is 188 g/mol. The molecule has 2 rings (SSSR count). The number of ketones is 1. The Morgan fingerprint density at radius 3 is 3.00 bits per heavy atom. The summed E-state index contributed by atoms with van der Waals surface area (Å²) < 4.78 is 0. The monoisotopic (exact) mass is 188 g/mol. The SMILES string of the molecule is CC(=O)Cc1ccc2nc(C)[nH]c2c1. The maximum Gasteiger partial charge on any atom is 0.134 e. The minimum absolute atomic E-state index is 0.181. The Hall–Kier alpha value is -1.64. The molecule has 0 aliphatic carbocycles. The summed E-state index contributed by atoms with van der Waals surface area (Å²) in [7, 11) is 0. The lowest BCUT2D eigenvalue weighted by atomic mass is 10.1. The highest BCUT2D eigenvalue weighted by Gasteiger charge is 2.02. The summed E-state index contributed by atoms with van der Waals surface area (Å²) in [5.74, 6) is 1.08. The minimum atomic E-state index is 0.181. The van der Waals surface area contributed by atoms with Gasteiger partial charge in [0.2, 0.25) is 0 Å². The molecular weight excluding hydrogens is 176 g/mol. The molecule has 1 N–H and O–H groups in total. The van der Waals surface area contributed by atoms with E-state index in [-0.39, 0.29) is 5.78 Å². The third-order valence-electron chi connectivity index (χ3n) is 2.12. The molecule has 3 nitrogen and oxygen atoms in total. The fraction of sp³-hybridized carbons (Fsp3) is 0.273. The second-order valence-electron chi connectivity index (χ2n) is 3.55. The summed E-state index contributed by atoms with van der Waals surface area (Å²) in [5.41, 5.74) is 2.99. The van der Waals surface area contributed by atoms with E-state index >= 15 is 0 Å². The molecule has 1 aromatic heterocycles. The number of H-pyrrole nitrogens is 1. The molecule has 1 heterocycles. The number of aryl methyl sites for hydroxylation is 1. The number of aromatic nitrogens is 2. The van der Waals surface area contributed by atoms with Crippen LogP contribution in [0.3, 0.4) is 0 Å². The number of fused-ring (bicyclic) bond motifs is 1. The molecule has 2 aromatic rings. The van der Waals surface area contributed by atoms with Gasteiger partial charge in [0.25, 0.3) is 0 Å². The van der Waals surface area contributed by atoms with Gasteiger partial charge in [-0.2, -0.15) is 0 Å². The summed E-state index contributed by atoms with van der Waals surface area (Å²) >= 11 is 0. The van der Waals surface area contributed by atoms with Crippen molar-refractivity contribution in [2.24, 2.45) is 0 Å². The number of hydrogen-bond acceptors (Lipinski definition) is 2. The van der Waals surface area contributed by atoms with E-state index in [4.69, 9.17) is 0 Å². The van der Waals surface area contributed by atoms with E-state index in [0.717, 1.165) is 22.4 Å². The second-order valence-corrected chi connectivity index (χ2v) is 3.55. The predicted octanol–water partition coefficient (Wildman–Crippen LogP) is 2.00. The fourth-order valence-electron chi connectivity index (χ4n) is 1.58. The van der Waals surface area contributed by atoms with Crippen molar-refractivity contribution >= 4 is 16.8 Å². The molecule has 3 heteroatoms. The quantitative estimate of drug-likeness (QED) is 0.783. The van der Waals surface area contributed by atoms with Crippen molar-refractivity contribution in [3.05, 3.63) is 29.6 Å². The molecule has 0 fully saturated rings. The van der Waals surface area contributed by atoms with Crippen molar-refractivity contribution in [2.45, 2.75) is 20.3 Å². The van der Waals surface area contributed by atoms with Gasteiger partial charge in [0.05, 0.1) is 11.0 Å².